The van der Waals surface area contributed by atoms with Crippen LogP contribution in [0.4, 0.5) is 4.79 Å². The monoisotopic (exact) mass is 493 g/mol. The third kappa shape index (κ3) is 6.12. The number of rotatable bonds is 6. The molecule has 2 amide bonds. The Morgan fingerprint density at radius 2 is 2.03 bits per heavy atom. The van der Waals surface area contributed by atoms with E-state index in [-0.39, 0.29) is 41.8 Å². The highest BCUT2D eigenvalue weighted by molar-refractivity contribution is 7.89. The molecule has 2 aliphatic rings. The van der Waals surface area contributed by atoms with Crippen LogP contribution in [-0.2, 0) is 10.0 Å². The van der Waals surface area contributed by atoms with Gasteiger partial charge in [0.1, 0.15) is 16.7 Å². The molecule has 9 heteroatoms. The van der Waals surface area contributed by atoms with Crippen LogP contribution in [0, 0.1) is 5.92 Å². The number of sulfonamides is 1. The second-order valence-corrected chi connectivity index (χ2v) is 11.5. The number of ether oxygens (including phenoxy) is 1. The molecule has 1 heterocycles. The normalized spacial score (nSPS) is 24.5. The molecule has 0 unspecified atom stereocenters. The number of likely N-dealkylation sites (N-methyl/N-ethyl adjacent to an activating group) is 1. The van der Waals surface area contributed by atoms with Gasteiger partial charge < -0.3 is 20.1 Å². The Balaban J connectivity index is 1.89. The number of nitrogens with zero attached hydrogens (tertiary/aromatic N) is 2. The van der Waals surface area contributed by atoms with Crippen molar-refractivity contribution in [1.82, 2.24) is 14.5 Å². The summed E-state index contributed by atoms with van der Waals surface area (Å²) in [5.74, 6) is 0.0515. The minimum Gasteiger partial charge on any atom is -0.487 e. The molecule has 2 N–H and O–H groups in total. The van der Waals surface area contributed by atoms with E-state index in [0.717, 1.165) is 31.2 Å². The molecule has 190 valence electrons. The fourth-order valence-corrected chi connectivity index (χ4v) is 6.47. The van der Waals surface area contributed by atoms with Gasteiger partial charge in [-0.15, -0.1) is 0 Å². The predicted octanol–water partition coefficient (Wildman–Crippen LogP) is 3.46. The van der Waals surface area contributed by atoms with Gasteiger partial charge in [-0.25, -0.2) is 13.2 Å². The van der Waals surface area contributed by atoms with Crippen LogP contribution in [0.2, 0.25) is 0 Å². The maximum atomic E-state index is 13.5. The molecule has 0 spiro atoms. The van der Waals surface area contributed by atoms with Gasteiger partial charge in [0.25, 0.3) is 0 Å². The van der Waals surface area contributed by atoms with Gasteiger partial charge in [-0.05, 0) is 44.4 Å². The summed E-state index contributed by atoms with van der Waals surface area (Å²) in [7, 11) is -2.13. The molecule has 1 saturated carbocycles. The number of hydrogen-bond acceptors (Lipinski definition) is 5. The lowest BCUT2D eigenvalue weighted by atomic mass is 9.96. The van der Waals surface area contributed by atoms with Crippen LogP contribution in [-0.4, -0.2) is 73.7 Å². The summed E-state index contributed by atoms with van der Waals surface area (Å²) < 4.78 is 34.7. The summed E-state index contributed by atoms with van der Waals surface area (Å²) in [5.41, 5.74) is 0.827. The molecule has 1 aromatic carbocycles. The fraction of sp³-hybridized carbons (Fsp3) is 0.640. The average molecular weight is 494 g/mol. The summed E-state index contributed by atoms with van der Waals surface area (Å²) >= 11 is 0. The number of allylic oxidation sites excluding steroid dienone is 1. The van der Waals surface area contributed by atoms with Crippen molar-refractivity contribution in [2.24, 2.45) is 5.92 Å². The number of fused-ring (bicyclic) bond motifs is 1. The molecular formula is C25H39N3O5S. The molecule has 1 fully saturated rings. The van der Waals surface area contributed by atoms with E-state index >= 15 is 0 Å². The van der Waals surface area contributed by atoms with Gasteiger partial charge in [0.05, 0.1) is 13.2 Å². The van der Waals surface area contributed by atoms with Gasteiger partial charge in [0.2, 0.25) is 10.0 Å². The Morgan fingerprint density at radius 1 is 1.32 bits per heavy atom. The maximum Gasteiger partial charge on any atom is 0.317 e. The van der Waals surface area contributed by atoms with Gasteiger partial charge >= 0.3 is 6.03 Å². The third-order valence-corrected chi connectivity index (χ3v) is 8.80. The van der Waals surface area contributed by atoms with Crippen molar-refractivity contribution in [2.45, 2.75) is 76.0 Å². The van der Waals surface area contributed by atoms with Crippen LogP contribution < -0.4 is 10.1 Å². The number of hydrogen-bond donors (Lipinski definition) is 2. The standard InChI is InChI=1S/C25H39N3O5S/c1-5-9-20-12-13-24-22(14-20)33-23(18(2)15-28(19(3)17-29)34(24,31)32)16-27(4)25(30)26-21-10-7-6-8-11-21/h5,9,12-14,18-19,21,23,29H,6-8,10-11,15-17H2,1-4H3,(H,26,30)/b9-5+/t18-,19+,23-/m1/s1. The lowest BCUT2D eigenvalue weighted by molar-refractivity contribution is 0.0806. The number of benzene rings is 1. The Labute approximate surface area is 204 Å². The van der Waals surface area contributed by atoms with Gasteiger partial charge in [-0.3, -0.25) is 0 Å². The number of aliphatic hydroxyl groups excluding tert-OH is 1. The van der Waals surface area contributed by atoms with Crippen molar-refractivity contribution in [3.05, 3.63) is 29.8 Å². The van der Waals surface area contributed by atoms with E-state index in [9.17, 15) is 18.3 Å². The first kappa shape index (κ1) is 26.5. The van der Waals surface area contributed by atoms with Crippen molar-refractivity contribution < 1.29 is 23.1 Å². The molecule has 0 aromatic heterocycles. The van der Waals surface area contributed by atoms with Crippen molar-refractivity contribution in [1.29, 1.82) is 0 Å². The zero-order chi connectivity index (χ0) is 24.9. The topological polar surface area (TPSA) is 99.2 Å². The highest BCUT2D eigenvalue weighted by Gasteiger charge is 2.38. The lowest BCUT2D eigenvalue weighted by Crippen LogP contribution is -2.52. The minimum atomic E-state index is -3.87. The van der Waals surface area contributed by atoms with E-state index in [1.165, 1.54) is 10.7 Å². The van der Waals surface area contributed by atoms with E-state index in [4.69, 9.17) is 4.74 Å². The molecule has 34 heavy (non-hydrogen) atoms. The molecule has 1 aromatic rings. The predicted molar refractivity (Wildman–Crippen MR) is 133 cm³/mol. The summed E-state index contributed by atoms with van der Waals surface area (Å²) in [6.07, 6.45) is 8.83. The fourth-order valence-electron chi connectivity index (χ4n) is 4.64. The second-order valence-electron chi connectivity index (χ2n) is 9.61. The van der Waals surface area contributed by atoms with E-state index in [1.54, 1.807) is 37.1 Å². The largest absolute Gasteiger partial charge is 0.487 e. The highest BCUT2D eigenvalue weighted by Crippen LogP contribution is 2.34. The van der Waals surface area contributed by atoms with Gasteiger partial charge in [0.15, 0.2) is 0 Å². The maximum absolute atomic E-state index is 13.5. The molecule has 1 aliphatic carbocycles. The van der Waals surface area contributed by atoms with Crippen LogP contribution in [0.15, 0.2) is 29.2 Å². The first-order valence-corrected chi connectivity index (χ1v) is 13.7. The molecule has 0 saturated heterocycles. The number of carbonyl (C=O) groups is 1. The zero-order valence-corrected chi connectivity index (χ0v) is 21.6. The van der Waals surface area contributed by atoms with Gasteiger partial charge in [-0.2, -0.15) is 4.31 Å². The molecule has 3 atom stereocenters. The Hall–Kier alpha value is -2.10. The van der Waals surface area contributed by atoms with Crippen molar-refractivity contribution in [3.8, 4) is 5.75 Å². The first-order valence-electron chi connectivity index (χ1n) is 12.2. The smallest absolute Gasteiger partial charge is 0.317 e. The van der Waals surface area contributed by atoms with Crippen LogP contribution in [0.25, 0.3) is 6.08 Å². The number of amides is 2. The minimum absolute atomic E-state index is 0.0762. The summed E-state index contributed by atoms with van der Waals surface area (Å²) in [6, 6.07) is 4.51. The van der Waals surface area contributed by atoms with Crippen molar-refractivity contribution in [2.75, 3.05) is 26.7 Å². The SMILES string of the molecule is C/C=C/c1ccc2c(c1)O[C@H](CN(C)C(=O)NC1CCCCC1)[C@H](C)CN([C@@H](C)CO)S2(=O)=O. The lowest BCUT2D eigenvalue weighted by Gasteiger charge is -2.37. The van der Waals surface area contributed by atoms with E-state index in [2.05, 4.69) is 5.32 Å². The molecule has 8 nitrogen and oxygen atoms in total. The highest BCUT2D eigenvalue weighted by atomic mass is 32.2. The Bertz CT molecular complexity index is 975. The summed E-state index contributed by atoms with van der Waals surface area (Å²) in [5, 5.41) is 12.9. The van der Waals surface area contributed by atoms with Gasteiger partial charge in [0, 0.05) is 31.6 Å². The second kappa shape index (κ2) is 11.6. The number of nitrogens with one attached hydrogen (secondary N) is 1. The van der Waals surface area contributed by atoms with E-state index in [1.807, 2.05) is 26.0 Å². The van der Waals surface area contributed by atoms with E-state index < -0.39 is 22.2 Å². The summed E-state index contributed by atoms with van der Waals surface area (Å²) in [4.78, 5) is 14.6. The number of carbonyl (C=O) groups excluding carboxylic acids is 1. The average Bonchev–Trinajstić information content (AvgIpc) is 2.81. The summed E-state index contributed by atoms with van der Waals surface area (Å²) in [6.45, 7) is 5.72. The first-order chi connectivity index (χ1) is 16.2. The van der Waals surface area contributed by atoms with Crippen molar-refractivity contribution >= 4 is 22.1 Å². The quantitative estimate of drug-likeness (QED) is 0.632. The zero-order valence-electron chi connectivity index (χ0n) is 20.7. The Morgan fingerprint density at radius 3 is 2.68 bits per heavy atom. The molecule has 1 aliphatic heterocycles. The van der Waals surface area contributed by atoms with Crippen LogP contribution in [0.1, 0.15) is 58.4 Å². The van der Waals surface area contributed by atoms with Crippen LogP contribution >= 0.6 is 0 Å². The van der Waals surface area contributed by atoms with Crippen LogP contribution in [0.5, 0.6) is 5.75 Å². The molecule has 0 radical (unpaired) electrons. The Kier molecular flexibility index (Phi) is 9.01. The molecular weight excluding hydrogens is 454 g/mol. The molecule has 0 bridgehead atoms. The van der Waals surface area contributed by atoms with Crippen LogP contribution in [0.3, 0.4) is 0 Å². The number of aliphatic hydroxyl groups is 1. The van der Waals surface area contributed by atoms with E-state index in [0.29, 0.717) is 6.54 Å². The third-order valence-electron chi connectivity index (χ3n) is 6.78. The molecule has 3 rings (SSSR count). The number of urea groups is 1. The van der Waals surface area contributed by atoms with Crippen molar-refractivity contribution in [3.63, 3.8) is 0 Å². The van der Waals surface area contributed by atoms with Gasteiger partial charge in [-0.1, -0.05) is 44.4 Å².